The number of nitrogens with one attached hydrogen (secondary N) is 1. The molecule has 104 valence electrons. The van der Waals surface area contributed by atoms with Gasteiger partial charge < -0.3 is 15.2 Å². The Morgan fingerprint density at radius 1 is 1.42 bits per heavy atom. The molecule has 6 nitrogen and oxygen atoms in total. The van der Waals surface area contributed by atoms with Crippen molar-refractivity contribution in [3.05, 3.63) is 23.4 Å². The van der Waals surface area contributed by atoms with Gasteiger partial charge in [-0.3, -0.25) is 4.79 Å². The zero-order valence-corrected chi connectivity index (χ0v) is 11.5. The molecule has 1 aromatic heterocycles. The summed E-state index contributed by atoms with van der Waals surface area (Å²) in [6.45, 7) is 5.24. The van der Waals surface area contributed by atoms with E-state index in [1.165, 1.54) is 7.11 Å². The van der Waals surface area contributed by atoms with Gasteiger partial charge in [0.15, 0.2) is 0 Å². The first-order valence-electron chi connectivity index (χ1n) is 5.81. The SMILES string of the molecule is COC(=O)c1ccc(NC(C)(C)CC(=O)O)nc1C. The van der Waals surface area contributed by atoms with Crippen LogP contribution in [0.2, 0.25) is 0 Å². The van der Waals surface area contributed by atoms with Crippen molar-refractivity contribution < 1.29 is 19.4 Å². The summed E-state index contributed by atoms with van der Waals surface area (Å²) < 4.78 is 4.63. The molecule has 0 bridgehead atoms. The Balaban J connectivity index is 2.90. The largest absolute Gasteiger partial charge is 0.481 e. The normalized spacial score (nSPS) is 10.9. The van der Waals surface area contributed by atoms with Crippen molar-refractivity contribution in [3.63, 3.8) is 0 Å². The maximum Gasteiger partial charge on any atom is 0.339 e. The van der Waals surface area contributed by atoms with E-state index in [2.05, 4.69) is 15.0 Å². The number of anilines is 1. The highest BCUT2D eigenvalue weighted by atomic mass is 16.5. The molecule has 1 rings (SSSR count). The maximum atomic E-state index is 11.4. The molecule has 1 aromatic rings. The van der Waals surface area contributed by atoms with Crippen LogP contribution in [0.4, 0.5) is 5.82 Å². The number of rotatable bonds is 5. The van der Waals surface area contributed by atoms with Crippen molar-refractivity contribution in [1.29, 1.82) is 0 Å². The summed E-state index contributed by atoms with van der Waals surface area (Å²) in [4.78, 5) is 26.4. The third-order valence-electron chi connectivity index (χ3n) is 2.55. The van der Waals surface area contributed by atoms with Crippen molar-refractivity contribution >= 4 is 17.8 Å². The van der Waals surface area contributed by atoms with E-state index in [-0.39, 0.29) is 6.42 Å². The number of carbonyl (C=O) groups excluding carboxylic acids is 1. The molecular weight excluding hydrogens is 248 g/mol. The summed E-state index contributed by atoms with van der Waals surface area (Å²) in [5.41, 5.74) is 0.296. The zero-order valence-electron chi connectivity index (χ0n) is 11.5. The Kier molecular flexibility index (Phi) is 4.47. The smallest absolute Gasteiger partial charge is 0.339 e. The van der Waals surface area contributed by atoms with Crippen molar-refractivity contribution in [3.8, 4) is 0 Å². The van der Waals surface area contributed by atoms with E-state index in [1.807, 2.05) is 0 Å². The second-order valence-corrected chi connectivity index (χ2v) is 4.90. The third kappa shape index (κ3) is 4.24. The maximum absolute atomic E-state index is 11.4. The van der Waals surface area contributed by atoms with Crippen LogP contribution in [0.3, 0.4) is 0 Å². The van der Waals surface area contributed by atoms with Crippen molar-refractivity contribution in [2.24, 2.45) is 0 Å². The summed E-state index contributed by atoms with van der Waals surface area (Å²) in [6.07, 6.45) is -0.0352. The molecule has 0 saturated carbocycles. The van der Waals surface area contributed by atoms with E-state index in [0.717, 1.165) is 0 Å². The average Bonchev–Trinajstić information content (AvgIpc) is 2.25. The zero-order chi connectivity index (χ0) is 14.6. The number of hydrogen-bond donors (Lipinski definition) is 2. The Labute approximate surface area is 111 Å². The summed E-state index contributed by atoms with van der Waals surface area (Å²) in [7, 11) is 1.31. The molecule has 0 aromatic carbocycles. The quantitative estimate of drug-likeness (QED) is 0.790. The molecule has 0 radical (unpaired) electrons. The first-order chi connectivity index (χ1) is 8.75. The number of methoxy groups -OCH3 is 1. The number of nitrogens with zero attached hydrogens (tertiary/aromatic N) is 1. The lowest BCUT2D eigenvalue weighted by atomic mass is 10.0. The third-order valence-corrected chi connectivity index (χ3v) is 2.55. The summed E-state index contributed by atoms with van der Waals surface area (Å²) in [5, 5.41) is 11.8. The van der Waals surface area contributed by atoms with Crippen molar-refractivity contribution in [1.82, 2.24) is 4.98 Å². The van der Waals surface area contributed by atoms with Crippen LogP contribution in [-0.4, -0.2) is 34.7 Å². The number of carboxylic acid groups (broad SMARTS) is 1. The molecule has 0 fully saturated rings. The van der Waals surface area contributed by atoms with Gasteiger partial charge in [-0.05, 0) is 32.9 Å². The van der Waals surface area contributed by atoms with E-state index in [4.69, 9.17) is 5.11 Å². The summed E-state index contributed by atoms with van der Waals surface area (Å²) >= 11 is 0. The van der Waals surface area contributed by atoms with Gasteiger partial charge in [0.05, 0.1) is 24.8 Å². The van der Waals surface area contributed by atoms with Gasteiger partial charge in [-0.1, -0.05) is 0 Å². The van der Waals surface area contributed by atoms with Gasteiger partial charge in [-0.25, -0.2) is 9.78 Å². The van der Waals surface area contributed by atoms with Gasteiger partial charge in [0, 0.05) is 5.54 Å². The van der Waals surface area contributed by atoms with Gasteiger partial charge in [-0.15, -0.1) is 0 Å². The molecular formula is C13H18N2O4. The molecule has 0 amide bonds. The van der Waals surface area contributed by atoms with Crippen LogP contribution in [0.25, 0.3) is 0 Å². The Morgan fingerprint density at radius 3 is 2.53 bits per heavy atom. The molecule has 0 aliphatic heterocycles. The van der Waals surface area contributed by atoms with Crippen LogP contribution < -0.4 is 5.32 Å². The van der Waals surface area contributed by atoms with Crippen LogP contribution in [0.15, 0.2) is 12.1 Å². The van der Waals surface area contributed by atoms with Gasteiger partial charge in [0.25, 0.3) is 0 Å². The number of aromatic nitrogens is 1. The fourth-order valence-corrected chi connectivity index (χ4v) is 1.73. The van der Waals surface area contributed by atoms with Gasteiger partial charge >= 0.3 is 11.9 Å². The van der Waals surface area contributed by atoms with Gasteiger partial charge in [-0.2, -0.15) is 0 Å². The highest BCUT2D eigenvalue weighted by molar-refractivity contribution is 5.90. The number of carboxylic acids is 1. The summed E-state index contributed by atoms with van der Waals surface area (Å²) in [6, 6.07) is 3.23. The molecule has 0 spiro atoms. The first kappa shape index (κ1) is 14.9. The lowest BCUT2D eigenvalue weighted by molar-refractivity contribution is -0.137. The standard InChI is InChI=1S/C13H18N2O4/c1-8-9(12(18)19-4)5-6-10(14-8)15-13(2,3)7-11(16)17/h5-6H,7H2,1-4H3,(H,14,15)(H,16,17). The first-order valence-corrected chi connectivity index (χ1v) is 5.81. The van der Waals surface area contributed by atoms with E-state index < -0.39 is 17.5 Å². The van der Waals surface area contributed by atoms with Crippen molar-refractivity contribution in [2.75, 3.05) is 12.4 Å². The second-order valence-electron chi connectivity index (χ2n) is 4.90. The molecule has 0 atom stereocenters. The van der Waals surface area contributed by atoms with Crippen LogP contribution in [0.5, 0.6) is 0 Å². The van der Waals surface area contributed by atoms with Crippen molar-refractivity contribution in [2.45, 2.75) is 32.7 Å². The fraction of sp³-hybridized carbons (Fsp3) is 0.462. The van der Waals surface area contributed by atoms with Crippen LogP contribution in [0, 0.1) is 6.92 Å². The Hall–Kier alpha value is -2.11. The molecule has 19 heavy (non-hydrogen) atoms. The minimum atomic E-state index is -0.889. The molecule has 0 unspecified atom stereocenters. The molecule has 6 heteroatoms. The van der Waals surface area contributed by atoms with Crippen LogP contribution >= 0.6 is 0 Å². The lowest BCUT2D eigenvalue weighted by Crippen LogP contribution is -2.34. The van der Waals surface area contributed by atoms with E-state index >= 15 is 0 Å². The molecule has 0 aliphatic carbocycles. The number of hydrogen-bond acceptors (Lipinski definition) is 5. The van der Waals surface area contributed by atoms with Crippen LogP contribution in [-0.2, 0) is 9.53 Å². The van der Waals surface area contributed by atoms with E-state index in [1.54, 1.807) is 32.9 Å². The molecule has 2 N–H and O–H groups in total. The molecule has 0 saturated heterocycles. The Morgan fingerprint density at radius 2 is 2.05 bits per heavy atom. The second kappa shape index (κ2) is 5.69. The van der Waals surface area contributed by atoms with Gasteiger partial charge in [0.2, 0.25) is 0 Å². The van der Waals surface area contributed by atoms with Crippen LogP contribution in [0.1, 0.15) is 36.3 Å². The predicted octanol–water partition coefficient (Wildman–Crippen LogP) is 1.84. The molecule has 1 heterocycles. The Bertz CT molecular complexity index is 497. The number of pyridine rings is 1. The number of ether oxygens (including phenoxy) is 1. The number of aliphatic carboxylic acids is 1. The summed E-state index contributed by atoms with van der Waals surface area (Å²) in [5.74, 6) is -0.807. The highest BCUT2D eigenvalue weighted by Crippen LogP contribution is 2.18. The average molecular weight is 266 g/mol. The fourth-order valence-electron chi connectivity index (χ4n) is 1.73. The number of carbonyl (C=O) groups is 2. The minimum Gasteiger partial charge on any atom is -0.481 e. The lowest BCUT2D eigenvalue weighted by Gasteiger charge is -2.25. The topological polar surface area (TPSA) is 88.5 Å². The van der Waals surface area contributed by atoms with E-state index in [9.17, 15) is 9.59 Å². The predicted molar refractivity (Wildman–Crippen MR) is 70.3 cm³/mol. The van der Waals surface area contributed by atoms with E-state index in [0.29, 0.717) is 17.1 Å². The molecule has 0 aliphatic rings. The highest BCUT2D eigenvalue weighted by Gasteiger charge is 2.22. The monoisotopic (exact) mass is 266 g/mol. The number of esters is 1. The minimum absolute atomic E-state index is 0.0352. The number of aryl methyl sites for hydroxylation is 1. The van der Waals surface area contributed by atoms with Gasteiger partial charge in [0.1, 0.15) is 5.82 Å².